The van der Waals surface area contributed by atoms with Crippen LogP contribution in [-0.2, 0) is 10.0 Å². The Morgan fingerprint density at radius 2 is 1.75 bits per heavy atom. The zero-order valence-corrected chi connectivity index (χ0v) is 17.4. The molecule has 6 nitrogen and oxygen atoms in total. The third-order valence-electron chi connectivity index (χ3n) is 3.70. The number of carbonyl (C=O) groups is 1. The quantitative estimate of drug-likeness (QED) is 0.729. The highest BCUT2D eigenvalue weighted by Gasteiger charge is 2.20. The van der Waals surface area contributed by atoms with Crippen LogP contribution < -0.4 is 14.8 Å². The van der Waals surface area contributed by atoms with E-state index in [0.29, 0.717) is 11.4 Å². The fourth-order valence-corrected chi connectivity index (χ4v) is 3.81. The molecule has 1 amide bonds. The molecule has 2 aromatic carbocycles. The van der Waals surface area contributed by atoms with E-state index in [-0.39, 0.29) is 22.6 Å². The van der Waals surface area contributed by atoms with Gasteiger partial charge in [0.05, 0.1) is 16.6 Å². The standard InChI is InChI=1S/C20H25FN2O4S/c1-12(2)23-28(25,26)16-7-8-18(21)17(11-16)20(24)22-19-9-6-15(10-14(19)5)27-13(3)4/h6-13,23H,1-5H3,(H,22,24). The van der Waals surface area contributed by atoms with Crippen LogP contribution in [0, 0.1) is 12.7 Å². The second kappa shape index (κ2) is 8.70. The van der Waals surface area contributed by atoms with Crippen LogP contribution in [0.2, 0.25) is 0 Å². The van der Waals surface area contributed by atoms with E-state index in [9.17, 15) is 17.6 Å². The third-order valence-corrected chi connectivity index (χ3v) is 5.36. The summed E-state index contributed by atoms with van der Waals surface area (Å²) in [6.07, 6.45) is 0.0121. The van der Waals surface area contributed by atoms with Crippen molar-refractivity contribution in [3.05, 3.63) is 53.3 Å². The molecular weight excluding hydrogens is 383 g/mol. The molecule has 152 valence electrons. The van der Waals surface area contributed by atoms with Crippen molar-refractivity contribution in [2.24, 2.45) is 0 Å². The number of rotatable bonds is 7. The Kier molecular flexibility index (Phi) is 6.79. The molecule has 0 saturated heterocycles. The molecule has 0 atom stereocenters. The predicted molar refractivity (Wildman–Crippen MR) is 107 cm³/mol. The molecule has 0 heterocycles. The second-order valence-electron chi connectivity index (χ2n) is 7.02. The Morgan fingerprint density at radius 1 is 1.07 bits per heavy atom. The Balaban J connectivity index is 2.28. The smallest absolute Gasteiger partial charge is 0.258 e. The van der Waals surface area contributed by atoms with Gasteiger partial charge in [0.2, 0.25) is 10.0 Å². The first-order chi connectivity index (χ1) is 13.0. The number of hydrogen-bond acceptors (Lipinski definition) is 4. The minimum absolute atomic E-state index is 0.0121. The molecule has 0 aliphatic carbocycles. The number of nitrogens with one attached hydrogen (secondary N) is 2. The van der Waals surface area contributed by atoms with Gasteiger partial charge in [0.25, 0.3) is 5.91 Å². The summed E-state index contributed by atoms with van der Waals surface area (Å²) in [6, 6.07) is 7.91. The van der Waals surface area contributed by atoms with E-state index in [4.69, 9.17) is 4.74 Å². The minimum atomic E-state index is -3.84. The van der Waals surface area contributed by atoms with Crippen LogP contribution in [0.5, 0.6) is 5.75 Å². The van der Waals surface area contributed by atoms with E-state index in [1.165, 1.54) is 0 Å². The molecular formula is C20H25FN2O4S. The van der Waals surface area contributed by atoms with Gasteiger partial charge < -0.3 is 10.1 Å². The maximum absolute atomic E-state index is 14.2. The number of aryl methyl sites for hydroxylation is 1. The van der Waals surface area contributed by atoms with Crippen molar-refractivity contribution in [2.75, 3.05) is 5.32 Å². The monoisotopic (exact) mass is 408 g/mol. The minimum Gasteiger partial charge on any atom is -0.491 e. The van der Waals surface area contributed by atoms with Crippen molar-refractivity contribution < 1.29 is 22.3 Å². The highest BCUT2D eigenvalue weighted by molar-refractivity contribution is 7.89. The average Bonchev–Trinajstić information content (AvgIpc) is 2.55. The van der Waals surface area contributed by atoms with E-state index in [1.807, 2.05) is 13.8 Å². The van der Waals surface area contributed by atoms with Crippen LogP contribution >= 0.6 is 0 Å². The fraction of sp³-hybridized carbons (Fsp3) is 0.350. The van der Waals surface area contributed by atoms with Crippen LogP contribution in [0.4, 0.5) is 10.1 Å². The lowest BCUT2D eigenvalue weighted by Crippen LogP contribution is -2.30. The first kappa shape index (κ1) is 21.8. The zero-order valence-electron chi connectivity index (χ0n) is 16.5. The first-order valence-electron chi connectivity index (χ1n) is 8.90. The Hall–Kier alpha value is -2.45. The summed E-state index contributed by atoms with van der Waals surface area (Å²) < 4.78 is 46.8. The Bertz CT molecular complexity index is 972. The van der Waals surface area contributed by atoms with Gasteiger partial charge in [-0.2, -0.15) is 0 Å². The van der Waals surface area contributed by atoms with E-state index < -0.39 is 21.7 Å². The topological polar surface area (TPSA) is 84.5 Å². The molecule has 0 aliphatic rings. The molecule has 0 aliphatic heterocycles. The van der Waals surface area contributed by atoms with E-state index in [2.05, 4.69) is 10.0 Å². The molecule has 0 fully saturated rings. The average molecular weight is 408 g/mol. The third kappa shape index (κ3) is 5.53. The Labute approximate surface area is 165 Å². The molecule has 8 heteroatoms. The van der Waals surface area contributed by atoms with E-state index in [0.717, 1.165) is 23.8 Å². The normalized spacial score (nSPS) is 11.7. The maximum atomic E-state index is 14.2. The van der Waals surface area contributed by atoms with Gasteiger partial charge in [0, 0.05) is 11.7 Å². The number of sulfonamides is 1. The van der Waals surface area contributed by atoms with Gasteiger partial charge in [0.1, 0.15) is 11.6 Å². The van der Waals surface area contributed by atoms with E-state index >= 15 is 0 Å². The lowest BCUT2D eigenvalue weighted by atomic mass is 10.1. The largest absolute Gasteiger partial charge is 0.491 e. The lowest BCUT2D eigenvalue weighted by molar-refractivity contribution is 0.102. The van der Waals surface area contributed by atoms with Crippen molar-refractivity contribution in [1.82, 2.24) is 4.72 Å². The van der Waals surface area contributed by atoms with Crippen LogP contribution in [0.1, 0.15) is 43.6 Å². The van der Waals surface area contributed by atoms with Crippen molar-refractivity contribution in [3.8, 4) is 5.75 Å². The van der Waals surface area contributed by atoms with Crippen molar-refractivity contribution in [3.63, 3.8) is 0 Å². The number of ether oxygens (including phenoxy) is 1. The molecule has 0 saturated carbocycles. The first-order valence-corrected chi connectivity index (χ1v) is 10.4. The summed E-state index contributed by atoms with van der Waals surface area (Å²) in [6.45, 7) is 8.94. The van der Waals surface area contributed by atoms with Crippen molar-refractivity contribution >= 4 is 21.6 Å². The van der Waals surface area contributed by atoms with Crippen molar-refractivity contribution in [1.29, 1.82) is 0 Å². The number of hydrogen-bond donors (Lipinski definition) is 2. The fourth-order valence-electron chi connectivity index (χ4n) is 2.54. The SMILES string of the molecule is Cc1cc(OC(C)C)ccc1NC(=O)c1cc(S(=O)(=O)NC(C)C)ccc1F. The zero-order chi connectivity index (χ0) is 21.1. The molecule has 0 aromatic heterocycles. The summed E-state index contributed by atoms with van der Waals surface area (Å²) in [4.78, 5) is 12.4. The van der Waals surface area contributed by atoms with Gasteiger partial charge in [-0.25, -0.2) is 17.5 Å². The molecule has 0 unspecified atom stereocenters. The van der Waals surface area contributed by atoms with Gasteiger partial charge in [-0.05, 0) is 76.6 Å². The van der Waals surface area contributed by atoms with Gasteiger partial charge >= 0.3 is 0 Å². The van der Waals surface area contributed by atoms with Gasteiger partial charge in [0.15, 0.2) is 0 Å². The predicted octanol–water partition coefficient (Wildman–Crippen LogP) is 3.86. The molecule has 0 bridgehead atoms. The highest BCUT2D eigenvalue weighted by atomic mass is 32.2. The number of amides is 1. The summed E-state index contributed by atoms with van der Waals surface area (Å²) in [7, 11) is -3.84. The number of benzene rings is 2. The number of carbonyl (C=O) groups excluding carboxylic acids is 1. The van der Waals surface area contributed by atoms with Gasteiger partial charge in [-0.15, -0.1) is 0 Å². The van der Waals surface area contributed by atoms with Crippen LogP contribution in [0.3, 0.4) is 0 Å². The highest BCUT2D eigenvalue weighted by Crippen LogP contribution is 2.24. The summed E-state index contributed by atoms with van der Waals surface area (Å²) in [5.41, 5.74) is 0.861. The second-order valence-corrected chi connectivity index (χ2v) is 8.73. The number of halogens is 1. The molecule has 0 spiro atoms. The van der Waals surface area contributed by atoms with E-state index in [1.54, 1.807) is 39.0 Å². The van der Waals surface area contributed by atoms with Crippen LogP contribution in [-0.4, -0.2) is 26.5 Å². The molecule has 2 N–H and O–H groups in total. The summed E-state index contributed by atoms with van der Waals surface area (Å²) >= 11 is 0. The number of anilines is 1. The van der Waals surface area contributed by atoms with Crippen molar-refractivity contribution in [2.45, 2.75) is 51.7 Å². The summed E-state index contributed by atoms with van der Waals surface area (Å²) in [5, 5.41) is 2.62. The van der Waals surface area contributed by atoms with Crippen LogP contribution in [0.25, 0.3) is 0 Å². The maximum Gasteiger partial charge on any atom is 0.258 e. The van der Waals surface area contributed by atoms with Crippen LogP contribution in [0.15, 0.2) is 41.3 Å². The lowest BCUT2D eigenvalue weighted by Gasteiger charge is -2.14. The van der Waals surface area contributed by atoms with Gasteiger partial charge in [-0.3, -0.25) is 4.79 Å². The molecule has 0 radical (unpaired) electrons. The van der Waals surface area contributed by atoms with Gasteiger partial charge in [-0.1, -0.05) is 0 Å². The Morgan fingerprint density at radius 3 is 2.32 bits per heavy atom. The molecule has 28 heavy (non-hydrogen) atoms. The molecule has 2 aromatic rings. The summed E-state index contributed by atoms with van der Waals surface area (Å²) in [5.74, 6) is -0.886. The molecule has 2 rings (SSSR count).